The van der Waals surface area contributed by atoms with E-state index in [1.807, 2.05) is 12.4 Å². The van der Waals surface area contributed by atoms with Crippen LogP contribution >= 0.6 is 0 Å². The Bertz CT molecular complexity index is 1000. The molecular weight excluding hydrogens is 376 g/mol. The van der Waals surface area contributed by atoms with Gasteiger partial charge in [-0.1, -0.05) is 31.2 Å². The minimum Gasteiger partial charge on any atom is -0.306 e. The number of rotatable bonds is 2. The molecule has 2 nitrogen and oxygen atoms in total. The van der Waals surface area contributed by atoms with Gasteiger partial charge >= 0.3 is 0 Å². The molecule has 2 aromatic rings. The maximum Gasteiger partial charge on any atom is 0.0346 e. The molecule has 0 N–H and O–H groups in total. The smallest absolute Gasteiger partial charge is 0.0346 e. The van der Waals surface area contributed by atoms with Crippen LogP contribution in [0.2, 0.25) is 0 Å². The molecule has 4 aliphatic rings. The predicted molar refractivity (Wildman–Crippen MR) is 130 cm³/mol. The highest BCUT2D eigenvalue weighted by molar-refractivity contribution is 5.95. The summed E-state index contributed by atoms with van der Waals surface area (Å²) in [6, 6.07) is 9.86. The van der Waals surface area contributed by atoms with Crippen molar-refractivity contribution in [3.63, 3.8) is 0 Å². The van der Waals surface area contributed by atoms with Crippen molar-refractivity contribution in [2.24, 2.45) is 35.0 Å². The van der Waals surface area contributed by atoms with Crippen LogP contribution in [0.5, 0.6) is 0 Å². The van der Waals surface area contributed by atoms with Crippen LogP contribution in [0.1, 0.15) is 63.9 Å². The monoisotopic (exact) mass is 414 g/mol. The minimum atomic E-state index is 0.354. The van der Waals surface area contributed by atoms with E-state index in [4.69, 9.17) is 0 Å². The average Bonchev–Trinajstić information content (AvgIpc) is 3.15. The second-order valence-electron chi connectivity index (χ2n) is 11.6. The van der Waals surface area contributed by atoms with E-state index < -0.39 is 0 Å². The van der Waals surface area contributed by atoms with Gasteiger partial charge in [0.15, 0.2) is 0 Å². The first-order valence-electron chi connectivity index (χ1n) is 12.8. The summed E-state index contributed by atoms with van der Waals surface area (Å²) < 4.78 is 0. The first kappa shape index (κ1) is 20.0. The van der Waals surface area contributed by atoms with Gasteiger partial charge in [-0.25, -0.2) is 0 Å². The molecule has 1 heterocycles. The molecule has 1 aromatic heterocycles. The fourth-order valence-electron chi connectivity index (χ4n) is 8.64. The number of nitrogens with zero attached hydrogens (tertiary/aromatic N) is 2. The minimum absolute atomic E-state index is 0.354. The molecule has 6 rings (SSSR count). The number of benzene rings is 1. The Morgan fingerprint density at radius 2 is 1.84 bits per heavy atom. The summed E-state index contributed by atoms with van der Waals surface area (Å²) in [5.41, 5.74) is 3.47. The number of pyridine rings is 1. The van der Waals surface area contributed by atoms with Crippen LogP contribution in [-0.2, 0) is 0 Å². The van der Waals surface area contributed by atoms with Crippen LogP contribution in [0, 0.1) is 35.0 Å². The number of aromatic nitrogens is 1. The van der Waals surface area contributed by atoms with Gasteiger partial charge in [0, 0.05) is 23.8 Å². The number of allylic oxidation sites excluding steroid dienone is 2. The van der Waals surface area contributed by atoms with E-state index >= 15 is 0 Å². The fourth-order valence-corrected chi connectivity index (χ4v) is 8.64. The van der Waals surface area contributed by atoms with Gasteiger partial charge in [0.1, 0.15) is 0 Å². The lowest BCUT2D eigenvalue weighted by Crippen LogP contribution is -2.49. The van der Waals surface area contributed by atoms with Gasteiger partial charge in [0.2, 0.25) is 0 Å². The molecule has 7 atom stereocenters. The lowest BCUT2D eigenvalue weighted by atomic mass is 9.49. The van der Waals surface area contributed by atoms with E-state index in [1.165, 1.54) is 67.7 Å². The van der Waals surface area contributed by atoms with Crippen molar-refractivity contribution in [3.8, 4) is 0 Å². The Labute approximate surface area is 188 Å². The SMILES string of the molecule is CN(C)[C@H]1CC[C@H]2[C@@H](CC[C@@H]3[C@@H]2CC[C@]2(C)C(c4cccc5cnccc45)=CC[C@@H]32)C1. The predicted octanol–water partition coefficient (Wildman–Crippen LogP) is 6.81. The largest absolute Gasteiger partial charge is 0.306 e. The molecule has 1 aromatic carbocycles. The van der Waals surface area contributed by atoms with Crippen molar-refractivity contribution in [2.45, 2.75) is 64.3 Å². The van der Waals surface area contributed by atoms with Gasteiger partial charge in [0.25, 0.3) is 0 Å². The molecule has 2 heteroatoms. The summed E-state index contributed by atoms with van der Waals surface area (Å²) in [5.74, 6) is 4.79. The highest BCUT2D eigenvalue weighted by Crippen LogP contribution is 2.64. The van der Waals surface area contributed by atoms with Gasteiger partial charge in [-0.05, 0) is 123 Å². The van der Waals surface area contributed by atoms with E-state index in [0.717, 1.165) is 35.6 Å². The van der Waals surface area contributed by atoms with Crippen LogP contribution in [-0.4, -0.2) is 30.0 Å². The summed E-state index contributed by atoms with van der Waals surface area (Å²) >= 11 is 0. The molecule has 0 bridgehead atoms. The quantitative estimate of drug-likeness (QED) is 0.536. The van der Waals surface area contributed by atoms with Crippen LogP contribution < -0.4 is 0 Å². The van der Waals surface area contributed by atoms with E-state index in [-0.39, 0.29) is 0 Å². The first-order valence-corrected chi connectivity index (χ1v) is 12.8. The topological polar surface area (TPSA) is 16.1 Å². The zero-order valence-corrected chi connectivity index (χ0v) is 19.6. The second-order valence-corrected chi connectivity index (χ2v) is 11.6. The van der Waals surface area contributed by atoms with Crippen LogP contribution in [0.15, 0.2) is 42.7 Å². The number of fused-ring (bicyclic) bond motifs is 6. The van der Waals surface area contributed by atoms with Crippen LogP contribution in [0.3, 0.4) is 0 Å². The van der Waals surface area contributed by atoms with Gasteiger partial charge in [-0.15, -0.1) is 0 Å². The molecule has 0 saturated heterocycles. The molecule has 31 heavy (non-hydrogen) atoms. The van der Waals surface area contributed by atoms with Crippen molar-refractivity contribution in [2.75, 3.05) is 14.1 Å². The van der Waals surface area contributed by atoms with Gasteiger partial charge in [-0.2, -0.15) is 0 Å². The van der Waals surface area contributed by atoms with Crippen molar-refractivity contribution in [1.29, 1.82) is 0 Å². The standard InChI is InChI=1S/C29H38N2/c1-29-15-13-24-22-10-8-21(31(2)3)17-19(22)7-9-26(24)28(29)12-11-27(29)25-6-4-5-20-18-30-16-14-23(20)25/h4-6,11,14,16,18-19,21-22,24,26,28H,7-10,12-13,15,17H2,1-3H3/t19-,21-,22-,24+,26+,28-,29+/m0/s1. The molecular formula is C29H38N2. The number of hydrogen-bond acceptors (Lipinski definition) is 2. The molecule has 0 amide bonds. The van der Waals surface area contributed by atoms with E-state index in [2.05, 4.69) is 61.2 Å². The van der Waals surface area contributed by atoms with Crippen molar-refractivity contribution < 1.29 is 0 Å². The Balaban J connectivity index is 1.28. The van der Waals surface area contributed by atoms with Crippen molar-refractivity contribution >= 4 is 16.3 Å². The van der Waals surface area contributed by atoms with E-state index in [1.54, 1.807) is 5.57 Å². The van der Waals surface area contributed by atoms with Gasteiger partial charge in [0.05, 0.1) is 0 Å². The third-order valence-corrected chi connectivity index (χ3v) is 10.2. The first-order chi connectivity index (χ1) is 15.1. The Kier molecular flexibility index (Phi) is 4.79. The maximum absolute atomic E-state index is 4.37. The summed E-state index contributed by atoms with van der Waals surface area (Å²) in [6.45, 7) is 2.61. The molecule has 0 aliphatic heterocycles. The Hall–Kier alpha value is -1.67. The van der Waals surface area contributed by atoms with Gasteiger partial charge < -0.3 is 4.90 Å². The summed E-state index contributed by atoms with van der Waals surface area (Å²) in [5, 5.41) is 2.67. The third-order valence-electron chi connectivity index (χ3n) is 10.2. The highest BCUT2D eigenvalue weighted by Gasteiger charge is 2.55. The average molecular weight is 415 g/mol. The van der Waals surface area contributed by atoms with Crippen molar-refractivity contribution in [3.05, 3.63) is 48.3 Å². The Morgan fingerprint density at radius 3 is 2.71 bits per heavy atom. The van der Waals surface area contributed by atoms with Crippen molar-refractivity contribution in [1.82, 2.24) is 9.88 Å². The molecule has 0 unspecified atom stereocenters. The molecule has 0 spiro atoms. The summed E-state index contributed by atoms with van der Waals surface area (Å²) in [4.78, 5) is 6.86. The molecule has 3 fully saturated rings. The number of hydrogen-bond donors (Lipinski definition) is 0. The molecule has 164 valence electrons. The van der Waals surface area contributed by atoms with Crippen LogP contribution in [0.25, 0.3) is 16.3 Å². The zero-order valence-electron chi connectivity index (χ0n) is 19.6. The van der Waals surface area contributed by atoms with Crippen LogP contribution in [0.4, 0.5) is 0 Å². The lowest BCUT2D eigenvalue weighted by molar-refractivity contribution is -0.0481. The molecule has 3 saturated carbocycles. The summed E-state index contributed by atoms with van der Waals surface area (Å²) in [7, 11) is 4.58. The third kappa shape index (κ3) is 3.04. The van der Waals surface area contributed by atoms with Gasteiger partial charge in [-0.3, -0.25) is 4.98 Å². The maximum atomic E-state index is 4.37. The lowest BCUT2D eigenvalue weighted by Gasteiger charge is -2.56. The zero-order chi connectivity index (χ0) is 21.2. The normalized spacial score (nSPS) is 39.7. The molecule has 0 radical (unpaired) electrons. The molecule has 4 aliphatic carbocycles. The highest BCUT2D eigenvalue weighted by atomic mass is 15.1. The van der Waals surface area contributed by atoms with E-state index in [9.17, 15) is 0 Å². The van der Waals surface area contributed by atoms with E-state index in [0.29, 0.717) is 5.41 Å². The fraction of sp³-hybridized carbons (Fsp3) is 0.621. The Morgan fingerprint density at radius 1 is 0.968 bits per heavy atom. The summed E-state index contributed by atoms with van der Waals surface area (Å²) in [6.07, 6.45) is 18.1. The second kappa shape index (κ2) is 7.44.